The van der Waals surface area contributed by atoms with Crippen molar-refractivity contribution in [2.24, 2.45) is 0 Å². The van der Waals surface area contributed by atoms with Crippen LogP contribution in [0.15, 0.2) is 29.2 Å². The van der Waals surface area contributed by atoms with Crippen LogP contribution in [-0.4, -0.2) is 49.8 Å². The molecule has 1 aromatic carbocycles. The summed E-state index contributed by atoms with van der Waals surface area (Å²) in [6.45, 7) is 0.843. The maximum absolute atomic E-state index is 12.9. The summed E-state index contributed by atoms with van der Waals surface area (Å²) in [6.07, 6.45) is 8.69. The summed E-state index contributed by atoms with van der Waals surface area (Å²) in [7, 11) is -3.49. The smallest absolute Gasteiger partial charge is 0.315 e. The minimum atomic E-state index is -3.49. The van der Waals surface area contributed by atoms with E-state index in [1.165, 1.54) is 23.6 Å². The van der Waals surface area contributed by atoms with Gasteiger partial charge in [0.25, 0.3) is 0 Å². The molecule has 0 unspecified atom stereocenters. The van der Waals surface area contributed by atoms with Crippen LogP contribution in [0.4, 0.5) is 4.79 Å². The van der Waals surface area contributed by atoms with Crippen LogP contribution in [-0.2, 0) is 16.4 Å². The van der Waals surface area contributed by atoms with E-state index in [1.54, 1.807) is 12.1 Å². The maximum atomic E-state index is 12.9. The van der Waals surface area contributed by atoms with Gasteiger partial charge in [-0.15, -0.1) is 11.6 Å². The van der Waals surface area contributed by atoms with E-state index in [1.807, 2.05) is 12.1 Å². The molecule has 29 heavy (non-hydrogen) atoms. The normalized spacial score (nSPS) is 19.8. The molecule has 1 heterocycles. The van der Waals surface area contributed by atoms with Crippen LogP contribution in [0.3, 0.4) is 0 Å². The Bertz CT molecular complexity index is 756. The lowest BCUT2D eigenvalue weighted by atomic mass is 9.96. The second-order valence-electron chi connectivity index (χ2n) is 8.07. The first-order valence-corrected chi connectivity index (χ1v) is 12.7. The van der Waals surface area contributed by atoms with Crippen molar-refractivity contribution in [1.82, 2.24) is 14.9 Å². The summed E-state index contributed by atoms with van der Waals surface area (Å²) in [4.78, 5) is 12.6. The van der Waals surface area contributed by atoms with Gasteiger partial charge in [-0.1, -0.05) is 31.4 Å². The third-order valence-electron chi connectivity index (χ3n) is 5.89. The summed E-state index contributed by atoms with van der Waals surface area (Å²) in [5, 5.41) is 6.09. The predicted molar refractivity (Wildman–Crippen MR) is 116 cm³/mol. The standard InChI is InChI=1S/C21H32ClN3O3S/c22-14-4-5-17-8-10-20(11-9-17)29(27,28)25-15-12-19(13-16-25)24-21(26)23-18-6-2-1-3-7-18/h8-11,18-19H,1-7,12-16H2,(H2,23,24,26). The first-order chi connectivity index (χ1) is 14.0. The Morgan fingerprint density at radius 1 is 0.966 bits per heavy atom. The number of piperidine rings is 1. The highest BCUT2D eigenvalue weighted by Crippen LogP contribution is 2.22. The molecule has 162 valence electrons. The molecule has 1 saturated heterocycles. The summed E-state index contributed by atoms with van der Waals surface area (Å²) >= 11 is 5.72. The summed E-state index contributed by atoms with van der Waals surface area (Å²) in [6, 6.07) is 7.26. The molecule has 0 bridgehead atoms. The van der Waals surface area contributed by atoms with E-state index in [4.69, 9.17) is 11.6 Å². The number of carbonyl (C=O) groups is 1. The SMILES string of the molecule is O=C(NC1CCCCC1)NC1CCN(S(=O)(=O)c2ccc(CCCCl)cc2)CC1. The molecule has 0 atom stereocenters. The van der Waals surface area contributed by atoms with Gasteiger partial charge in [0.1, 0.15) is 0 Å². The van der Waals surface area contributed by atoms with Crippen molar-refractivity contribution in [3.8, 4) is 0 Å². The van der Waals surface area contributed by atoms with Gasteiger partial charge in [0.15, 0.2) is 0 Å². The van der Waals surface area contributed by atoms with E-state index in [0.717, 1.165) is 31.2 Å². The van der Waals surface area contributed by atoms with Crippen LogP contribution >= 0.6 is 11.6 Å². The van der Waals surface area contributed by atoms with Gasteiger partial charge in [0.05, 0.1) is 4.90 Å². The van der Waals surface area contributed by atoms with E-state index >= 15 is 0 Å². The van der Waals surface area contributed by atoms with Gasteiger partial charge < -0.3 is 10.6 Å². The molecular weight excluding hydrogens is 410 g/mol. The van der Waals surface area contributed by atoms with Crippen LogP contribution in [0.25, 0.3) is 0 Å². The molecule has 0 radical (unpaired) electrons. The molecule has 0 aromatic heterocycles. The average Bonchev–Trinajstić information content (AvgIpc) is 2.73. The molecule has 1 aliphatic heterocycles. The number of hydrogen-bond donors (Lipinski definition) is 2. The quantitative estimate of drug-likeness (QED) is 0.634. The Morgan fingerprint density at radius 2 is 1.55 bits per heavy atom. The van der Waals surface area contributed by atoms with Gasteiger partial charge in [-0.2, -0.15) is 4.31 Å². The molecule has 3 rings (SSSR count). The molecule has 8 heteroatoms. The van der Waals surface area contributed by atoms with E-state index in [-0.39, 0.29) is 18.1 Å². The van der Waals surface area contributed by atoms with Crippen LogP contribution in [0.5, 0.6) is 0 Å². The molecule has 2 fully saturated rings. The number of benzene rings is 1. The lowest BCUT2D eigenvalue weighted by molar-refractivity contribution is 0.220. The highest BCUT2D eigenvalue weighted by atomic mass is 35.5. The Hall–Kier alpha value is -1.31. The van der Waals surface area contributed by atoms with Gasteiger partial charge in [0, 0.05) is 31.1 Å². The van der Waals surface area contributed by atoms with Gasteiger partial charge >= 0.3 is 6.03 Å². The third kappa shape index (κ3) is 6.33. The monoisotopic (exact) mass is 441 g/mol. The minimum absolute atomic E-state index is 0.0166. The molecule has 1 aromatic rings. The van der Waals surface area contributed by atoms with Crippen molar-refractivity contribution in [2.75, 3.05) is 19.0 Å². The summed E-state index contributed by atoms with van der Waals surface area (Å²) in [5.74, 6) is 0.599. The first kappa shape index (κ1) is 22.4. The topological polar surface area (TPSA) is 78.5 Å². The fraction of sp³-hybridized carbons (Fsp3) is 0.667. The fourth-order valence-corrected chi connectivity index (χ4v) is 5.75. The van der Waals surface area contributed by atoms with Crippen molar-refractivity contribution >= 4 is 27.7 Å². The Morgan fingerprint density at radius 3 is 2.14 bits per heavy atom. The number of amides is 2. The van der Waals surface area contributed by atoms with Crippen molar-refractivity contribution in [3.05, 3.63) is 29.8 Å². The minimum Gasteiger partial charge on any atom is -0.335 e. The zero-order valence-corrected chi connectivity index (χ0v) is 18.5. The van der Waals surface area contributed by atoms with Crippen molar-refractivity contribution in [3.63, 3.8) is 0 Å². The van der Waals surface area contributed by atoms with Gasteiger partial charge in [-0.25, -0.2) is 13.2 Å². The summed E-state index contributed by atoms with van der Waals surface area (Å²) in [5.41, 5.74) is 1.09. The number of urea groups is 1. The number of nitrogens with one attached hydrogen (secondary N) is 2. The number of aryl methyl sites for hydroxylation is 1. The highest BCUT2D eigenvalue weighted by Gasteiger charge is 2.30. The lowest BCUT2D eigenvalue weighted by Crippen LogP contribution is -2.51. The molecule has 1 aliphatic carbocycles. The van der Waals surface area contributed by atoms with Gasteiger partial charge in [-0.3, -0.25) is 0 Å². The zero-order valence-electron chi connectivity index (χ0n) is 16.9. The molecule has 6 nitrogen and oxygen atoms in total. The van der Waals surface area contributed by atoms with E-state index in [2.05, 4.69) is 10.6 Å². The largest absolute Gasteiger partial charge is 0.335 e. The lowest BCUT2D eigenvalue weighted by Gasteiger charge is -2.32. The van der Waals surface area contributed by atoms with Crippen LogP contribution < -0.4 is 10.6 Å². The molecule has 0 spiro atoms. The molecular formula is C21H32ClN3O3S. The molecule has 2 aliphatic rings. The Kier molecular flexibility index (Phi) is 8.21. The molecule has 2 amide bonds. The Labute approximate surface area is 179 Å². The van der Waals surface area contributed by atoms with Crippen LogP contribution in [0.1, 0.15) is 56.9 Å². The second kappa shape index (κ2) is 10.6. The fourth-order valence-electron chi connectivity index (χ4n) is 4.15. The van der Waals surface area contributed by atoms with Crippen molar-refractivity contribution in [1.29, 1.82) is 0 Å². The molecule has 1 saturated carbocycles. The predicted octanol–water partition coefficient (Wildman–Crippen LogP) is 3.64. The molecule has 2 N–H and O–H groups in total. The van der Waals surface area contributed by atoms with E-state index in [0.29, 0.717) is 36.7 Å². The average molecular weight is 442 g/mol. The number of hydrogen-bond acceptors (Lipinski definition) is 3. The number of carbonyl (C=O) groups excluding carboxylic acids is 1. The number of sulfonamides is 1. The third-order valence-corrected chi connectivity index (χ3v) is 8.07. The maximum Gasteiger partial charge on any atom is 0.315 e. The van der Waals surface area contributed by atoms with Crippen molar-refractivity contribution in [2.45, 2.75) is 74.8 Å². The summed E-state index contributed by atoms with van der Waals surface area (Å²) < 4.78 is 27.3. The van der Waals surface area contributed by atoms with Gasteiger partial charge in [-0.05, 0) is 56.2 Å². The Balaban J connectivity index is 1.48. The van der Waals surface area contributed by atoms with Crippen molar-refractivity contribution < 1.29 is 13.2 Å². The first-order valence-electron chi connectivity index (χ1n) is 10.7. The van der Waals surface area contributed by atoms with E-state index < -0.39 is 10.0 Å². The number of alkyl halides is 1. The zero-order chi connectivity index (χ0) is 20.7. The second-order valence-corrected chi connectivity index (χ2v) is 10.4. The highest BCUT2D eigenvalue weighted by molar-refractivity contribution is 7.89. The number of rotatable bonds is 7. The van der Waals surface area contributed by atoms with Gasteiger partial charge in [0.2, 0.25) is 10.0 Å². The van der Waals surface area contributed by atoms with Crippen LogP contribution in [0.2, 0.25) is 0 Å². The number of halogens is 1. The van der Waals surface area contributed by atoms with Crippen LogP contribution in [0, 0.1) is 0 Å². The van der Waals surface area contributed by atoms with E-state index in [9.17, 15) is 13.2 Å². The number of nitrogens with zero attached hydrogens (tertiary/aromatic N) is 1.